The number of aliphatic hydroxyl groups excluding tert-OH is 1. The standard InChI is InChI=1S/C13H22O2/c1-10-6-5-8-12(3,4)13(10,15)9-7-11(2)14/h6-7,9,11,14-15H,5,8H2,1-4H3/b9-7+. The molecule has 0 fully saturated rings. The zero-order chi connectivity index (χ0) is 11.7. The molecule has 0 spiro atoms. The molecule has 2 unspecified atom stereocenters. The molecule has 2 heteroatoms. The molecule has 1 aliphatic rings. The van der Waals surface area contributed by atoms with Gasteiger partial charge in [-0.15, -0.1) is 0 Å². The van der Waals surface area contributed by atoms with Crippen molar-refractivity contribution in [3.05, 3.63) is 23.8 Å². The first-order valence-electron chi connectivity index (χ1n) is 5.56. The maximum atomic E-state index is 10.7. The second-order valence-electron chi connectivity index (χ2n) is 5.18. The minimum atomic E-state index is -0.914. The predicted molar refractivity (Wildman–Crippen MR) is 62.5 cm³/mol. The molecule has 0 saturated carbocycles. The van der Waals surface area contributed by atoms with Crippen molar-refractivity contribution in [2.45, 2.75) is 52.2 Å². The van der Waals surface area contributed by atoms with E-state index in [1.54, 1.807) is 19.1 Å². The van der Waals surface area contributed by atoms with Crippen LogP contribution in [0.4, 0.5) is 0 Å². The van der Waals surface area contributed by atoms with E-state index in [1.807, 2.05) is 6.92 Å². The lowest BCUT2D eigenvalue weighted by Gasteiger charge is -2.44. The molecule has 2 N–H and O–H groups in total. The molecule has 0 saturated heterocycles. The lowest BCUT2D eigenvalue weighted by molar-refractivity contribution is -0.00442. The summed E-state index contributed by atoms with van der Waals surface area (Å²) in [6.07, 6.45) is 6.94. The summed E-state index contributed by atoms with van der Waals surface area (Å²) in [5, 5.41) is 19.9. The van der Waals surface area contributed by atoms with Gasteiger partial charge in [0.05, 0.1) is 6.10 Å². The quantitative estimate of drug-likeness (QED) is 0.687. The second-order valence-corrected chi connectivity index (χ2v) is 5.18. The maximum absolute atomic E-state index is 10.7. The Hall–Kier alpha value is -0.600. The van der Waals surface area contributed by atoms with Gasteiger partial charge in [-0.05, 0) is 38.3 Å². The van der Waals surface area contributed by atoms with E-state index < -0.39 is 11.7 Å². The van der Waals surface area contributed by atoms with Crippen LogP contribution in [0.2, 0.25) is 0 Å². The van der Waals surface area contributed by atoms with E-state index in [1.165, 1.54) is 0 Å². The maximum Gasteiger partial charge on any atom is 0.109 e. The first-order chi connectivity index (χ1) is 6.79. The smallest absolute Gasteiger partial charge is 0.109 e. The van der Waals surface area contributed by atoms with Gasteiger partial charge in [0.2, 0.25) is 0 Å². The van der Waals surface area contributed by atoms with E-state index in [0.717, 1.165) is 18.4 Å². The molecule has 2 atom stereocenters. The zero-order valence-corrected chi connectivity index (χ0v) is 10.1. The van der Waals surface area contributed by atoms with Crippen LogP contribution in [0.25, 0.3) is 0 Å². The monoisotopic (exact) mass is 210 g/mol. The van der Waals surface area contributed by atoms with Crippen LogP contribution >= 0.6 is 0 Å². The van der Waals surface area contributed by atoms with Gasteiger partial charge in [0.1, 0.15) is 5.60 Å². The highest BCUT2D eigenvalue weighted by molar-refractivity contribution is 5.30. The van der Waals surface area contributed by atoms with Gasteiger partial charge < -0.3 is 10.2 Å². The van der Waals surface area contributed by atoms with Crippen molar-refractivity contribution in [3.8, 4) is 0 Å². The van der Waals surface area contributed by atoms with Gasteiger partial charge in [-0.25, -0.2) is 0 Å². The highest BCUT2D eigenvalue weighted by atomic mass is 16.3. The summed E-state index contributed by atoms with van der Waals surface area (Å²) in [6, 6.07) is 0. The molecule has 0 aromatic carbocycles. The normalized spacial score (nSPS) is 32.8. The van der Waals surface area contributed by atoms with Crippen molar-refractivity contribution in [1.82, 2.24) is 0 Å². The van der Waals surface area contributed by atoms with Gasteiger partial charge >= 0.3 is 0 Å². The average Bonchev–Trinajstić information content (AvgIpc) is 2.11. The van der Waals surface area contributed by atoms with Gasteiger partial charge in [-0.3, -0.25) is 0 Å². The molecule has 2 nitrogen and oxygen atoms in total. The van der Waals surface area contributed by atoms with Crippen molar-refractivity contribution in [2.24, 2.45) is 5.41 Å². The summed E-state index contributed by atoms with van der Waals surface area (Å²) in [6.45, 7) is 7.77. The van der Waals surface area contributed by atoms with Gasteiger partial charge in [-0.1, -0.05) is 26.0 Å². The molecule has 0 radical (unpaired) electrons. The van der Waals surface area contributed by atoms with E-state index in [4.69, 9.17) is 0 Å². The number of hydrogen-bond acceptors (Lipinski definition) is 2. The number of rotatable bonds is 2. The molecule has 0 amide bonds. The minimum absolute atomic E-state index is 0.169. The first kappa shape index (κ1) is 12.5. The van der Waals surface area contributed by atoms with Crippen molar-refractivity contribution in [2.75, 3.05) is 0 Å². The van der Waals surface area contributed by atoms with E-state index in [2.05, 4.69) is 19.9 Å². The van der Waals surface area contributed by atoms with Crippen LogP contribution < -0.4 is 0 Å². The summed E-state index contributed by atoms with van der Waals surface area (Å²) in [4.78, 5) is 0. The minimum Gasteiger partial charge on any atom is -0.389 e. The average molecular weight is 210 g/mol. The van der Waals surface area contributed by atoms with Crippen LogP contribution in [-0.2, 0) is 0 Å². The van der Waals surface area contributed by atoms with Gasteiger partial charge in [0.15, 0.2) is 0 Å². The molecule has 1 rings (SSSR count). The van der Waals surface area contributed by atoms with Crippen LogP contribution in [0.15, 0.2) is 23.8 Å². The summed E-state index contributed by atoms with van der Waals surface area (Å²) in [5.41, 5.74) is -0.102. The fraction of sp³-hybridized carbons (Fsp3) is 0.692. The SMILES string of the molecule is CC1=CCCC(C)(C)C1(O)/C=C/C(C)O. The number of hydrogen-bond donors (Lipinski definition) is 2. The van der Waals surface area contributed by atoms with Crippen molar-refractivity contribution < 1.29 is 10.2 Å². The van der Waals surface area contributed by atoms with E-state index in [9.17, 15) is 10.2 Å². The molecule has 86 valence electrons. The first-order valence-corrected chi connectivity index (χ1v) is 5.56. The molecule has 0 aromatic heterocycles. The molecule has 15 heavy (non-hydrogen) atoms. The van der Waals surface area contributed by atoms with Crippen LogP contribution in [0.3, 0.4) is 0 Å². The fourth-order valence-corrected chi connectivity index (χ4v) is 2.17. The van der Waals surface area contributed by atoms with E-state index >= 15 is 0 Å². The van der Waals surface area contributed by atoms with Gasteiger partial charge in [-0.2, -0.15) is 0 Å². The Kier molecular flexibility index (Phi) is 3.41. The highest BCUT2D eigenvalue weighted by Crippen LogP contribution is 2.45. The topological polar surface area (TPSA) is 40.5 Å². The molecular formula is C13H22O2. The molecule has 0 aliphatic heterocycles. The van der Waals surface area contributed by atoms with Crippen molar-refractivity contribution >= 4 is 0 Å². The van der Waals surface area contributed by atoms with E-state index in [0.29, 0.717) is 0 Å². The molecule has 0 bridgehead atoms. The predicted octanol–water partition coefficient (Wildman–Crippen LogP) is 2.42. The molecule has 1 aliphatic carbocycles. The van der Waals surface area contributed by atoms with Gasteiger partial charge in [0.25, 0.3) is 0 Å². The van der Waals surface area contributed by atoms with Crippen LogP contribution in [0.5, 0.6) is 0 Å². The Morgan fingerprint density at radius 2 is 2.07 bits per heavy atom. The summed E-state index contributed by atoms with van der Waals surface area (Å²) in [5.74, 6) is 0. The highest BCUT2D eigenvalue weighted by Gasteiger charge is 2.44. The molecule has 0 heterocycles. The lowest BCUT2D eigenvalue weighted by Crippen LogP contribution is -2.46. The summed E-state index contributed by atoms with van der Waals surface area (Å²) < 4.78 is 0. The Morgan fingerprint density at radius 3 is 2.53 bits per heavy atom. The van der Waals surface area contributed by atoms with Crippen LogP contribution in [0, 0.1) is 5.41 Å². The summed E-state index contributed by atoms with van der Waals surface area (Å²) >= 11 is 0. The fourth-order valence-electron chi connectivity index (χ4n) is 2.17. The number of aliphatic hydroxyl groups is 2. The third-order valence-electron chi connectivity index (χ3n) is 3.47. The Labute approximate surface area is 92.3 Å². The van der Waals surface area contributed by atoms with Gasteiger partial charge in [0, 0.05) is 5.41 Å². The Balaban J connectivity index is 3.05. The molecule has 0 aromatic rings. The van der Waals surface area contributed by atoms with Crippen molar-refractivity contribution in [1.29, 1.82) is 0 Å². The summed E-state index contributed by atoms with van der Waals surface area (Å²) in [7, 11) is 0. The van der Waals surface area contributed by atoms with Crippen molar-refractivity contribution in [3.63, 3.8) is 0 Å². The van der Waals surface area contributed by atoms with E-state index in [-0.39, 0.29) is 5.41 Å². The Bertz CT molecular complexity index is 287. The van der Waals surface area contributed by atoms with Crippen LogP contribution in [-0.4, -0.2) is 21.9 Å². The third-order valence-corrected chi connectivity index (χ3v) is 3.47. The second kappa shape index (κ2) is 4.11. The largest absolute Gasteiger partial charge is 0.389 e. The zero-order valence-electron chi connectivity index (χ0n) is 10.1. The van der Waals surface area contributed by atoms with Crippen LogP contribution in [0.1, 0.15) is 40.5 Å². The Morgan fingerprint density at radius 1 is 1.47 bits per heavy atom. The molecular weight excluding hydrogens is 188 g/mol. The number of allylic oxidation sites excluding steroid dienone is 1. The lowest BCUT2D eigenvalue weighted by atomic mass is 9.65. The third kappa shape index (κ3) is 2.32.